The van der Waals surface area contributed by atoms with Crippen LogP contribution in [-0.4, -0.2) is 38.1 Å². The maximum absolute atomic E-state index is 13.8. The molecule has 1 atom stereocenters. The number of aromatic hydroxyl groups is 1. The number of nitro benzene ring substituents is 1. The molecule has 37 heavy (non-hydrogen) atoms. The predicted octanol–water partition coefficient (Wildman–Crippen LogP) is 4.97. The average Bonchev–Trinajstić information content (AvgIpc) is 3.07. The summed E-state index contributed by atoms with van der Waals surface area (Å²) in [4.78, 5) is 25.0. The number of nitro groups is 1. The third-order valence-electron chi connectivity index (χ3n) is 5.63. The molecule has 1 aliphatic heterocycles. The first kappa shape index (κ1) is 26.2. The number of phenols is 1. The van der Waals surface area contributed by atoms with Crippen molar-refractivity contribution in [3.63, 3.8) is 0 Å². The van der Waals surface area contributed by atoms with Gasteiger partial charge in [-0.2, -0.15) is 0 Å². The number of phenolic OH excluding ortho intramolecular Hbond substituents is 1. The minimum atomic E-state index is -4.37. The highest BCUT2D eigenvalue weighted by Gasteiger charge is 2.50. The average molecular weight is 589 g/mol. The first-order valence-electron chi connectivity index (χ1n) is 10.9. The van der Waals surface area contributed by atoms with Gasteiger partial charge in [-0.1, -0.05) is 12.1 Å². The van der Waals surface area contributed by atoms with E-state index in [1.54, 1.807) is 24.3 Å². The Kier molecular flexibility index (Phi) is 7.23. The van der Waals surface area contributed by atoms with Gasteiger partial charge >= 0.3 is 0 Å². The van der Waals surface area contributed by atoms with Crippen molar-refractivity contribution in [1.29, 1.82) is 0 Å². The van der Waals surface area contributed by atoms with Gasteiger partial charge in [0.15, 0.2) is 16.9 Å². The van der Waals surface area contributed by atoms with E-state index in [0.29, 0.717) is 12.4 Å². The SMILES string of the molecule is CCOc1ccc(N2C(=O)/C(=C\c3cc(Br)c(O)c(OC)c3)S(=O)(=O)[C@H]2c2cccc([N+](=O)[O-])c2)cc1. The Hall–Kier alpha value is -3.90. The van der Waals surface area contributed by atoms with Gasteiger partial charge < -0.3 is 14.6 Å². The molecule has 4 rings (SSSR count). The first-order valence-corrected chi connectivity index (χ1v) is 13.2. The maximum Gasteiger partial charge on any atom is 0.271 e. The fourth-order valence-corrected chi connectivity index (χ4v) is 6.32. The van der Waals surface area contributed by atoms with Gasteiger partial charge in [0, 0.05) is 17.8 Å². The number of hydrogen-bond donors (Lipinski definition) is 1. The number of sulfone groups is 1. The Morgan fingerprint density at radius 1 is 1.16 bits per heavy atom. The van der Waals surface area contributed by atoms with Crippen LogP contribution in [0.2, 0.25) is 0 Å². The second-order valence-corrected chi connectivity index (χ2v) is 10.7. The number of rotatable bonds is 7. The number of benzene rings is 3. The number of nitrogens with zero attached hydrogens (tertiary/aromatic N) is 2. The topological polar surface area (TPSA) is 136 Å². The molecule has 0 aromatic heterocycles. The molecule has 1 N–H and O–H groups in total. The monoisotopic (exact) mass is 588 g/mol. The molecule has 12 heteroatoms. The number of non-ortho nitro benzene ring substituents is 1. The van der Waals surface area contributed by atoms with Crippen LogP contribution in [0, 0.1) is 10.1 Å². The van der Waals surface area contributed by atoms with Crippen molar-refractivity contribution in [1.82, 2.24) is 0 Å². The maximum atomic E-state index is 13.8. The molecule has 0 spiro atoms. The third kappa shape index (κ3) is 4.89. The number of carbonyl (C=O) groups is 1. The lowest BCUT2D eigenvalue weighted by molar-refractivity contribution is -0.384. The Labute approximate surface area is 220 Å². The number of halogens is 1. The number of carbonyl (C=O) groups excluding carboxylic acids is 1. The normalized spacial score (nSPS) is 17.7. The second-order valence-electron chi connectivity index (χ2n) is 7.91. The van der Waals surface area contributed by atoms with Crippen LogP contribution in [0.15, 0.2) is 70.0 Å². The van der Waals surface area contributed by atoms with Crippen LogP contribution in [0.5, 0.6) is 17.2 Å². The Bertz CT molecular complexity index is 1520. The molecule has 3 aromatic rings. The molecule has 1 amide bonds. The molecular formula is C25H21BrN2O8S. The van der Waals surface area contributed by atoms with E-state index in [4.69, 9.17) is 9.47 Å². The summed E-state index contributed by atoms with van der Waals surface area (Å²) < 4.78 is 38.5. The van der Waals surface area contributed by atoms with Gasteiger partial charge in [-0.15, -0.1) is 0 Å². The number of ether oxygens (including phenoxy) is 2. The summed E-state index contributed by atoms with van der Waals surface area (Å²) >= 11 is 3.19. The molecule has 0 saturated carbocycles. The van der Waals surface area contributed by atoms with E-state index in [1.165, 1.54) is 43.5 Å². The molecule has 10 nitrogen and oxygen atoms in total. The zero-order valence-electron chi connectivity index (χ0n) is 19.6. The second kappa shape index (κ2) is 10.2. The molecule has 0 radical (unpaired) electrons. The molecule has 0 bridgehead atoms. The Morgan fingerprint density at radius 2 is 1.86 bits per heavy atom. The van der Waals surface area contributed by atoms with E-state index in [2.05, 4.69) is 15.9 Å². The van der Waals surface area contributed by atoms with Gasteiger partial charge in [0.25, 0.3) is 11.6 Å². The molecule has 3 aromatic carbocycles. The minimum Gasteiger partial charge on any atom is -0.503 e. The van der Waals surface area contributed by atoms with Crippen molar-refractivity contribution in [2.24, 2.45) is 0 Å². The Morgan fingerprint density at radius 3 is 2.49 bits per heavy atom. The van der Waals surface area contributed by atoms with E-state index in [1.807, 2.05) is 6.92 Å². The molecule has 1 aliphatic rings. The summed E-state index contributed by atoms with van der Waals surface area (Å²) in [6.07, 6.45) is 1.18. The van der Waals surface area contributed by atoms with Crippen LogP contribution >= 0.6 is 15.9 Å². The van der Waals surface area contributed by atoms with Crippen LogP contribution in [0.4, 0.5) is 11.4 Å². The van der Waals surface area contributed by atoms with E-state index < -0.39 is 30.9 Å². The number of anilines is 1. The highest BCUT2D eigenvalue weighted by Crippen LogP contribution is 2.45. The van der Waals surface area contributed by atoms with Crippen LogP contribution in [0.3, 0.4) is 0 Å². The number of amides is 1. The lowest BCUT2D eigenvalue weighted by Gasteiger charge is -2.23. The molecular weight excluding hydrogens is 568 g/mol. The van der Waals surface area contributed by atoms with Gasteiger partial charge in [-0.25, -0.2) is 8.42 Å². The van der Waals surface area contributed by atoms with Crippen molar-refractivity contribution in [3.05, 3.63) is 91.3 Å². The summed E-state index contributed by atoms with van der Waals surface area (Å²) in [5.74, 6) is -0.397. The van der Waals surface area contributed by atoms with E-state index in [0.717, 1.165) is 11.0 Å². The summed E-state index contributed by atoms with van der Waals surface area (Å²) in [5, 5.41) is 19.9. The summed E-state index contributed by atoms with van der Waals surface area (Å²) in [5.41, 5.74) is 0.293. The van der Waals surface area contributed by atoms with Crippen molar-refractivity contribution in [3.8, 4) is 17.2 Å². The van der Waals surface area contributed by atoms with Gasteiger partial charge in [0.05, 0.1) is 23.1 Å². The van der Waals surface area contributed by atoms with Gasteiger partial charge in [0.1, 0.15) is 10.7 Å². The van der Waals surface area contributed by atoms with Crippen molar-refractivity contribution < 1.29 is 32.7 Å². The van der Waals surface area contributed by atoms with Gasteiger partial charge in [0.2, 0.25) is 9.84 Å². The molecule has 1 saturated heterocycles. The first-order chi connectivity index (χ1) is 17.6. The summed E-state index contributed by atoms with van der Waals surface area (Å²) in [7, 11) is -3.03. The summed E-state index contributed by atoms with van der Waals surface area (Å²) in [6.45, 7) is 2.24. The fraction of sp³-hybridized carbons (Fsp3) is 0.160. The fourth-order valence-electron chi connectivity index (χ4n) is 3.98. The van der Waals surface area contributed by atoms with Crippen molar-refractivity contribution >= 4 is 49.1 Å². The predicted molar refractivity (Wildman–Crippen MR) is 140 cm³/mol. The molecule has 1 heterocycles. The van der Waals surface area contributed by atoms with Crippen LogP contribution in [0.1, 0.15) is 23.4 Å². The van der Waals surface area contributed by atoms with Crippen molar-refractivity contribution in [2.75, 3.05) is 18.6 Å². The molecule has 0 aliphatic carbocycles. The number of hydrogen-bond acceptors (Lipinski definition) is 8. The standard InChI is InChI=1S/C25H21BrN2O8S/c1-3-36-19-9-7-17(8-10-19)27-24(30)22(13-15-11-20(26)23(29)21(12-15)35-2)37(33,34)25(27)16-5-4-6-18(14-16)28(31)32/h4-14,25,29H,3H2,1-2H3/b22-13+/t25-/m0/s1. The third-order valence-corrected chi connectivity index (χ3v) is 8.21. The zero-order chi connectivity index (χ0) is 26.9. The van der Waals surface area contributed by atoms with Crippen LogP contribution in [-0.2, 0) is 14.6 Å². The molecule has 192 valence electrons. The smallest absolute Gasteiger partial charge is 0.271 e. The van der Waals surface area contributed by atoms with Crippen LogP contribution < -0.4 is 14.4 Å². The van der Waals surface area contributed by atoms with Gasteiger partial charge in [-0.3, -0.25) is 19.8 Å². The lowest BCUT2D eigenvalue weighted by atomic mass is 10.1. The van der Waals surface area contributed by atoms with E-state index in [-0.39, 0.29) is 38.5 Å². The van der Waals surface area contributed by atoms with E-state index in [9.17, 15) is 28.4 Å². The highest BCUT2D eigenvalue weighted by atomic mass is 79.9. The van der Waals surface area contributed by atoms with E-state index >= 15 is 0 Å². The number of methoxy groups -OCH3 is 1. The highest BCUT2D eigenvalue weighted by molar-refractivity contribution is 9.10. The molecule has 0 unspecified atom stereocenters. The lowest BCUT2D eigenvalue weighted by Crippen LogP contribution is -2.29. The zero-order valence-corrected chi connectivity index (χ0v) is 22.0. The Balaban J connectivity index is 1.91. The largest absolute Gasteiger partial charge is 0.503 e. The summed E-state index contributed by atoms with van der Waals surface area (Å²) in [6, 6.07) is 14.3. The van der Waals surface area contributed by atoms with Crippen LogP contribution in [0.25, 0.3) is 6.08 Å². The van der Waals surface area contributed by atoms with Gasteiger partial charge in [-0.05, 0) is 76.5 Å². The quantitative estimate of drug-likeness (QED) is 0.232. The minimum absolute atomic E-state index is 0.0595. The van der Waals surface area contributed by atoms with Crippen molar-refractivity contribution in [2.45, 2.75) is 12.3 Å². The molecule has 1 fully saturated rings.